The molecule has 41 heavy (non-hydrogen) atoms. The Morgan fingerprint density at radius 3 is 2.56 bits per heavy atom. The van der Waals surface area contributed by atoms with Gasteiger partial charge in [0.2, 0.25) is 11.9 Å². The van der Waals surface area contributed by atoms with Gasteiger partial charge in [-0.15, -0.1) is 0 Å². The molecule has 3 aromatic rings. The van der Waals surface area contributed by atoms with Gasteiger partial charge < -0.3 is 19.9 Å². The third kappa shape index (κ3) is 5.86. The van der Waals surface area contributed by atoms with Gasteiger partial charge in [-0.2, -0.15) is 0 Å². The molecule has 6 rings (SSSR count). The van der Waals surface area contributed by atoms with Crippen LogP contribution in [0.3, 0.4) is 0 Å². The van der Waals surface area contributed by atoms with Gasteiger partial charge in [-0.3, -0.25) is 9.78 Å². The molecule has 0 bridgehead atoms. The van der Waals surface area contributed by atoms with E-state index in [2.05, 4.69) is 27.4 Å². The van der Waals surface area contributed by atoms with E-state index in [1.54, 1.807) is 28.4 Å². The first-order chi connectivity index (χ1) is 19.6. The number of amides is 2. The number of carbonyl (C=O) groups excluding carboxylic acids is 2. The highest BCUT2D eigenvalue weighted by Crippen LogP contribution is 2.44. The van der Waals surface area contributed by atoms with Gasteiger partial charge in [0.05, 0.1) is 46.1 Å². The second-order valence-corrected chi connectivity index (χ2v) is 12.7. The van der Waals surface area contributed by atoms with E-state index >= 15 is 0 Å². The van der Waals surface area contributed by atoms with Crippen LogP contribution in [0, 0.1) is 5.41 Å². The molecule has 0 atom stereocenters. The average molecular weight is 575 g/mol. The number of piperidine rings is 1. The Kier molecular flexibility index (Phi) is 7.09. The van der Waals surface area contributed by atoms with Crippen molar-refractivity contribution in [1.29, 1.82) is 0 Å². The zero-order valence-corrected chi connectivity index (χ0v) is 24.4. The summed E-state index contributed by atoms with van der Waals surface area (Å²) >= 11 is 6.50. The Labute approximate surface area is 245 Å². The van der Waals surface area contributed by atoms with Crippen molar-refractivity contribution in [2.75, 3.05) is 29.9 Å². The Balaban J connectivity index is 1.14. The first-order valence-electron chi connectivity index (χ1n) is 14.3. The standard InChI is InChI=1S/C31H35ClN6O3/c1-30(2,3)41-29(40)37-12-9-31(10-13-37)11-14-38(27(31)39)24-16-23(17-33-18-24)35-28-34-19-25(32)26(36-28)22-6-4-5-21(15-22)20-7-8-20/h4-6,15-20H,7-14H2,1-3H3,(H,34,35,36). The van der Waals surface area contributed by atoms with Crippen LogP contribution in [0.1, 0.15) is 64.4 Å². The molecular formula is C31H35ClN6O3. The van der Waals surface area contributed by atoms with E-state index in [9.17, 15) is 9.59 Å². The number of nitrogens with one attached hydrogen (secondary N) is 1. The van der Waals surface area contributed by atoms with E-state index in [4.69, 9.17) is 21.3 Å². The van der Waals surface area contributed by atoms with Crippen molar-refractivity contribution in [3.63, 3.8) is 0 Å². The lowest BCUT2D eigenvalue weighted by Crippen LogP contribution is -2.48. The fourth-order valence-corrected chi connectivity index (χ4v) is 5.93. The van der Waals surface area contributed by atoms with E-state index in [-0.39, 0.29) is 12.0 Å². The summed E-state index contributed by atoms with van der Waals surface area (Å²) in [6.07, 6.45) is 9.11. The van der Waals surface area contributed by atoms with Crippen molar-refractivity contribution < 1.29 is 14.3 Å². The van der Waals surface area contributed by atoms with Gasteiger partial charge in [0.1, 0.15) is 5.60 Å². The minimum atomic E-state index is -0.544. The molecule has 3 aliphatic rings. The van der Waals surface area contributed by atoms with E-state index < -0.39 is 11.0 Å². The number of halogens is 1. The Hall–Kier alpha value is -3.72. The molecule has 0 radical (unpaired) electrons. The van der Waals surface area contributed by atoms with Crippen molar-refractivity contribution in [3.05, 3.63) is 59.5 Å². The van der Waals surface area contributed by atoms with Crippen LogP contribution in [-0.2, 0) is 9.53 Å². The van der Waals surface area contributed by atoms with Crippen LogP contribution in [0.2, 0.25) is 5.02 Å². The molecule has 3 fully saturated rings. The zero-order chi connectivity index (χ0) is 28.8. The molecule has 2 aromatic heterocycles. The Morgan fingerprint density at radius 1 is 1.07 bits per heavy atom. The largest absolute Gasteiger partial charge is 0.444 e. The van der Waals surface area contributed by atoms with Crippen molar-refractivity contribution in [1.82, 2.24) is 19.9 Å². The number of pyridine rings is 1. The number of nitrogens with zero attached hydrogens (tertiary/aromatic N) is 5. The number of hydrogen-bond acceptors (Lipinski definition) is 7. The van der Waals surface area contributed by atoms with Crippen LogP contribution in [0.5, 0.6) is 0 Å². The number of rotatable bonds is 5. The summed E-state index contributed by atoms with van der Waals surface area (Å²) in [5.74, 6) is 1.12. The second-order valence-electron chi connectivity index (χ2n) is 12.3. The fourth-order valence-electron chi connectivity index (χ4n) is 5.73. The molecule has 9 nitrogen and oxygen atoms in total. The molecule has 1 aromatic carbocycles. The van der Waals surface area contributed by atoms with Crippen LogP contribution in [0.4, 0.5) is 22.1 Å². The van der Waals surface area contributed by atoms with Gasteiger partial charge in [-0.05, 0) is 76.5 Å². The van der Waals surface area contributed by atoms with Gasteiger partial charge in [0.15, 0.2) is 0 Å². The summed E-state index contributed by atoms with van der Waals surface area (Å²) in [5.41, 5.74) is 3.33. The zero-order valence-electron chi connectivity index (χ0n) is 23.7. The van der Waals surface area contributed by atoms with E-state index in [0.717, 1.165) is 17.7 Å². The van der Waals surface area contributed by atoms with E-state index in [1.165, 1.54) is 18.4 Å². The van der Waals surface area contributed by atoms with E-state index in [1.807, 2.05) is 39.0 Å². The molecule has 2 aliphatic heterocycles. The van der Waals surface area contributed by atoms with Crippen molar-refractivity contribution in [3.8, 4) is 11.3 Å². The fraction of sp³-hybridized carbons (Fsp3) is 0.452. The monoisotopic (exact) mass is 574 g/mol. The SMILES string of the molecule is CC(C)(C)OC(=O)N1CCC2(CC1)CCN(c1cncc(Nc3ncc(Cl)c(-c4cccc(C5CC5)c4)n3)c1)C2=O. The van der Waals surface area contributed by atoms with Crippen LogP contribution in [0.25, 0.3) is 11.3 Å². The molecule has 1 N–H and O–H groups in total. The number of carbonyl (C=O) groups is 2. The number of ether oxygens (including phenoxy) is 1. The van der Waals surface area contributed by atoms with Crippen LogP contribution in [0.15, 0.2) is 48.9 Å². The molecule has 1 saturated carbocycles. The van der Waals surface area contributed by atoms with Crippen molar-refractivity contribution in [2.24, 2.45) is 5.41 Å². The second kappa shape index (κ2) is 10.6. The highest BCUT2D eigenvalue weighted by atomic mass is 35.5. The predicted octanol–water partition coefficient (Wildman–Crippen LogP) is 6.57. The maximum absolute atomic E-state index is 13.7. The minimum absolute atomic E-state index is 0.0841. The summed E-state index contributed by atoms with van der Waals surface area (Å²) in [7, 11) is 0. The molecule has 10 heteroatoms. The topological polar surface area (TPSA) is 101 Å². The third-order valence-electron chi connectivity index (χ3n) is 8.13. The van der Waals surface area contributed by atoms with Gasteiger partial charge in [0, 0.05) is 25.2 Å². The number of likely N-dealkylation sites (tertiary alicyclic amines) is 1. The number of hydrogen-bond donors (Lipinski definition) is 1. The highest BCUT2D eigenvalue weighted by Gasteiger charge is 2.49. The van der Waals surface area contributed by atoms with Crippen LogP contribution >= 0.6 is 11.6 Å². The van der Waals surface area contributed by atoms with Crippen molar-refractivity contribution >= 4 is 40.9 Å². The molecule has 214 valence electrons. The Bertz CT molecular complexity index is 1480. The van der Waals surface area contributed by atoms with Crippen LogP contribution < -0.4 is 10.2 Å². The lowest BCUT2D eigenvalue weighted by atomic mass is 9.77. The quantitative estimate of drug-likeness (QED) is 0.368. The minimum Gasteiger partial charge on any atom is -0.444 e. The van der Waals surface area contributed by atoms with Gasteiger partial charge in [-0.1, -0.05) is 29.8 Å². The molecule has 2 saturated heterocycles. The maximum Gasteiger partial charge on any atom is 0.410 e. The lowest BCUT2D eigenvalue weighted by molar-refractivity contribution is -0.128. The number of aromatic nitrogens is 3. The van der Waals surface area contributed by atoms with Gasteiger partial charge in [0.25, 0.3) is 0 Å². The summed E-state index contributed by atoms with van der Waals surface area (Å²) in [4.78, 5) is 43.2. The first-order valence-corrected chi connectivity index (χ1v) is 14.6. The summed E-state index contributed by atoms with van der Waals surface area (Å²) in [6.45, 7) is 7.20. The highest BCUT2D eigenvalue weighted by molar-refractivity contribution is 6.32. The number of benzene rings is 1. The lowest BCUT2D eigenvalue weighted by Gasteiger charge is -2.38. The summed E-state index contributed by atoms with van der Waals surface area (Å²) in [5, 5.41) is 3.73. The van der Waals surface area contributed by atoms with Crippen LogP contribution in [-0.4, -0.2) is 57.1 Å². The predicted molar refractivity (Wildman–Crippen MR) is 158 cm³/mol. The molecule has 4 heterocycles. The molecule has 2 amide bonds. The summed E-state index contributed by atoms with van der Waals surface area (Å²) < 4.78 is 5.52. The Morgan fingerprint density at radius 2 is 1.83 bits per heavy atom. The number of anilines is 3. The smallest absolute Gasteiger partial charge is 0.410 e. The first kappa shape index (κ1) is 27.4. The third-order valence-corrected chi connectivity index (χ3v) is 8.41. The normalized spacial score (nSPS) is 18.6. The van der Waals surface area contributed by atoms with Gasteiger partial charge in [-0.25, -0.2) is 14.8 Å². The average Bonchev–Trinajstić information content (AvgIpc) is 3.75. The summed E-state index contributed by atoms with van der Waals surface area (Å²) in [6, 6.07) is 10.3. The van der Waals surface area contributed by atoms with Crippen molar-refractivity contribution in [2.45, 2.75) is 64.4 Å². The van der Waals surface area contributed by atoms with Gasteiger partial charge >= 0.3 is 6.09 Å². The molecule has 1 aliphatic carbocycles. The van der Waals surface area contributed by atoms with E-state index in [0.29, 0.717) is 60.7 Å². The molecular weight excluding hydrogens is 540 g/mol. The molecule has 0 unspecified atom stereocenters. The molecule has 1 spiro atoms. The maximum atomic E-state index is 13.7.